The number of carboxylic acids is 1. The SMILES string of the molecule is CC1(C)CCCC(Nc2nccnc2C(=O)O)C1. The molecule has 2 rings (SSSR count). The number of rotatable bonds is 3. The number of nitrogens with zero attached hydrogens (tertiary/aromatic N) is 2. The molecule has 0 spiro atoms. The van der Waals surface area contributed by atoms with Crippen LogP contribution in [0.4, 0.5) is 5.82 Å². The summed E-state index contributed by atoms with van der Waals surface area (Å²) in [5.74, 6) is -0.659. The summed E-state index contributed by atoms with van der Waals surface area (Å²) in [5, 5.41) is 12.3. The molecule has 1 aromatic rings. The Morgan fingerprint density at radius 3 is 2.83 bits per heavy atom. The second-order valence-corrected chi connectivity index (χ2v) is 5.66. The molecule has 1 heterocycles. The molecule has 1 aliphatic rings. The van der Waals surface area contributed by atoms with E-state index in [9.17, 15) is 4.79 Å². The minimum atomic E-state index is -1.04. The second kappa shape index (κ2) is 4.92. The standard InChI is InChI=1S/C13H19N3O2/c1-13(2)5-3-4-9(8-13)16-11-10(12(17)18)14-6-7-15-11/h6-7,9H,3-5,8H2,1-2H3,(H,15,16)(H,17,18). The van der Waals surface area contributed by atoms with Crippen molar-refractivity contribution in [3.63, 3.8) is 0 Å². The van der Waals surface area contributed by atoms with Crippen molar-refractivity contribution >= 4 is 11.8 Å². The highest BCUT2D eigenvalue weighted by molar-refractivity contribution is 5.90. The zero-order chi connectivity index (χ0) is 13.2. The summed E-state index contributed by atoms with van der Waals surface area (Å²) in [6.45, 7) is 4.49. The summed E-state index contributed by atoms with van der Waals surface area (Å²) in [5.41, 5.74) is 0.308. The van der Waals surface area contributed by atoms with Crippen molar-refractivity contribution in [1.82, 2.24) is 9.97 Å². The molecule has 1 saturated carbocycles. The Bertz CT molecular complexity index is 446. The second-order valence-electron chi connectivity index (χ2n) is 5.66. The first kappa shape index (κ1) is 12.8. The molecule has 98 valence electrons. The Labute approximate surface area is 107 Å². The number of hydrogen-bond acceptors (Lipinski definition) is 4. The fourth-order valence-electron chi connectivity index (χ4n) is 2.61. The van der Waals surface area contributed by atoms with Crippen LogP contribution in [0.5, 0.6) is 0 Å². The van der Waals surface area contributed by atoms with Gasteiger partial charge in [-0.3, -0.25) is 0 Å². The minimum Gasteiger partial charge on any atom is -0.476 e. The number of nitrogens with one attached hydrogen (secondary N) is 1. The van der Waals surface area contributed by atoms with E-state index in [0.29, 0.717) is 11.2 Å². The van der Waals surface area contributed by atoms with Crippen molar-refractivity contribution in [2.45, 2.75) is 45.6 Å². The first-order valence-electron chi connectivity index (χ1n) is 6.29. The van der Waals surface area contributed by atoms with Gasteiger partial charge in [0.2, 0.25) is 0 Å². The number of carboxylic acid groups (broad SMARTS) is 1. The number of hydrogen-bond donors (Lipinski definition) is 2. The van der Waals surface area contributed by atoms with Gasteiger partial charge in [-0.1, -0.05) is 20.3 Å². The topological polar surface area (TPSA) is 75.1 Å². The van der Waals surface area contributed by atoms with E-state index in [1.165, 1.54) is 18.8 Å². The Hall–Kier alpha value is -1.65. The summed E-state index contributed by atoms with van der Waals surface area (Å²) in [4.78, 5) is 19.0. The molecule has 5 nitrogen and oxygen atoms in total. The molecular weight excluding hydrogens is 230 g/mol. The van der Waals surface area contributed by atoms with Gasteiger partial charge in [-0.15, -0.1) is 0 Å². The average molecular weight is 249 g/mol. The lowest BCUT2D eigenvalue weighted by atomic mass is 9.75. The van der Waals surface area contributed by atoms with E-state index in [0.717, 1.165) is 19.3 Å². The van der Waals surface area contributed by atoms with Crippen molar-refractivity contribution in [1.29, 1.82) is 0 Å². The van der Waals surface area contributed by atoms with Crippen LogP contribution in [-0.2, 0) is 0 Å². The lowest BCUT2D eigenvalue weighted by Crippen LogP contribution is -2.32. The molecule has 2 N–H and O–H groups in total. The van der Waals surface area contributed by atoms with Gasteiger partial charge < -0.3 is 10.4 Å². The van der Waals surface area contributed by atoms with E-state index >= 15 is 0 Å². The van der Waals surface area contributed by atoms with E-state index in [-0.39, 0.29) is 11.7 Å². The Kier molecular flexibility index (Phi) is 3.50. The molecule has 0 aromatic carbocycles. The van der Waals surface area contributed by atoms with Crippen LogP contribution in [0, 0.1) is 5.41 Å². The fraction of sp³-hybridized carbons (Fsp3) is 0.615. The third-order valence-electron chi connectivity index (χ3n) is 3.45. The first-order chi connectivity index (χ1) is 8.48. The van der Waals surface area contributed by atoms with Gasteiger partial charge in [0.05, 0.1) is 0 Å². The number of carbonyl (C=O) groups is 1. The van der Waals surface area contributed by atoms with Gasteiger partial charge in [0, 0.05) is 18.4 Å². The first-order valence-corrected chi connectivity index (χ1v) is 6.29. The van der Waals surface area contributed by atoms with Crippen LogP contribution in [0.25, 0.3) is 0 Å². The number of aromatic carboxylic acids is 1. The van der Waals surface area contributed by atoms with E-state index in [4.69, 9.17) is 5.11 Å². The molecule has 1 fully saturated rings. The van der Waals surface area contributed by atoms with Crippen LogP contribution >= 0.6 is 0 Å². The molecule has 0 aliphatic heterocycles. The van der Waals surface area contributed by atoms with Gasteiger partial charge in [0.15, 0.2) is 11.5 Å². The predicted octanol–water partition coefficient (Wildman–Crippen LogP) is 2.56. The van der Waals surface area contributed by atoms with Crippen molar-refractivity contribution < 1.29 is 9.90 Å². The minimum absolute atomic E-state index is 0.000814. The monoisotopic (exact) mass is 249 g/mol. The zero-order valence-corrected chi connectivity index (χ0v) is 10.8. The smallest absolute Gasteiger partial charge is 0.358 e. The predicted molar refractivity (Wildman–Crippen MR) is 68.7 cm³/mol. The Morgan fingerprint density at radius 1 is 1.44 bits per heavy atom. The van der Waals surface area contributed by atoms with Crippen molar-refractivity contribution in [3.05, 3.63) is 18.1 Å². The van der Waals surface area contributed by atoms with Gasteiger partial charge in [-0.25, -0.2) is 14.8 Å². The Morgan fingerprint density at radius 2 is 2.17 bits per heavy atom. The lowest BCUT2D eigenvalue weighted by molar-refractivity contribution is 0.0691. The molecule has 5 heteroatoms. The maximum Gasteiger partial charge on any atom is 0.358 e. The summed E-state index contributed by atoms with van der Waals surface area (Å²) in [7, 11) is 0. The number of aromatic nitrogens is 2. The lowest BCUT2D eigenvalue weighted by Gasteiger charge is -2.35. The van der Waals surface area contributed by atoms with Crippen LogP contribution in [0.15, 0.2) is 12.4 Å². The molecule has 0 amide bonds. The number of anilines is 1. The van der Waals surface area contributed by atoms with Crippen LogP contribution in [0.1, 0.15) is 50.0 Å². The molecule has 1 unspecified atom stereocenters. The van der Waals surface area contributed by atoms with Gasteiger partial charge >= 0.3 is 5.97 Å². The van der Waals surface area contributed by atoms with Crippen molar-refractivity contribution in [2.75, 3.05) is 5.32 Å². The van der Waals surface area contributed by atoms with E-state index in [1.807, 2.05) is 0 Å². The quantitative estimate of drug-likeness (QED) is 0.861. The van der Waals surface area contributed by atoms with Crippen molar-refractivity contribution in [2.24, 2.45) is 5.41 Å². The largest absolute Gasteiger partial charge is 0.476 e. The molecule has 0 saturated heterocycles. The third-order valence-corrected chi connectivity index (χ3v) is 3.45. The fourth-order valence-corrected chi connectivity index (χ4v) is 2.61. The molecular formula is C13H19N3O2. The molecule has 18 heavy (non-hydrogen) atoms. The maximum atomic E-state index is 11.0. The van der Waals surface area contributed by atoms with Crippen molar-refractivity contribution in [3.8, 4) is 0 Å². The van der Waals surface area contributed by atoms with Crippen LogP contribution in [0.3, 0.4) is 0 Å². The van der Waals surface area contributed by atoms with E-state index in [1.54, 1.807) is 0 Å². The maximum absolute atomic E-state index is 11.0. The zero-order valence-electron chi connectivity index (χ0n) is 10.8. The van der Waals surface area contributed by atoms with Crippen LogP contribution in [0.2, 0.25) is 0 Å². The highest BCUT2D eigenvalue weighted by atomic mass is 16.4. The Balaban J connectivity index is 2.12. The summed E-state index contributed by atoms with van der Waals surface area (Å²) >= 11 is 0. The highest BCUT2D eigenvalue weighted by Gasteiger charge is 2.28. The molecule has 1 aromatic heterocycles. The normalized spacial score (nSPS) is 22.4. The van der Waals surface area contributed by atoms with Gasteiger partial charge in [0.25, 0.3) is 0 Å². The summed E-state index contributed by atoms with van der Waals surface area (Å²) in [6, 6.07) is 0.281. The van der Waals surface area contributed by atoms with Gasteiger partial charge in [-0.05, 0) is 24.7 Å². The molecule has 1 aliphatic carbocycles. The van der Waals surface area contributed by atoms with Gasteiger partial charge in [0.1, 0.15) is 0 Å². The van der Waals surface area contributed by atoms with Gasteiger partial charge in [-0.2, -0.15) is 0 Å². The van der Waals surface area contributed by atoms with Crippen LogP contribution < -0.4 is 5.32 Å². The average Bonchev–Trinajstić information content (AvgIpc) is 2.28. The van der Waals surface area contributed by atoms with E-state index in [2.05, 4.69) is 29.1 Å². The third kappa shape index (κ3) is 2.97. The molecule has 1 atom stereocenters. The molecule has 0 bridgehead atoms. The summed E-state index contributed by atoms with van der Waals surface area (Å²) < 4.78 is 0. The highest BCUT2D eigenvalue weighted by Crippen LogP contribution is 2.36. The van der Waals surface area contributed by atoms with E-state index < -0.39 is 5.97 Å². The van der Waals surface area contributed by atoms with Crippen LogP contribution in [-0.4, -0.2) is 27.1 Å². The summed E-state index contributed by atoms with van der Waals surface area (Å²) in [6.07, 6.45) is 7.38. The molecule has 0 radical (unpaired) electrons.